The second kappa shape index (κ2) is 8.42. The molecule has 0 fully saturated rings. The van der Waals surface area contributed by atoms with Crippen LogP contribution in [0.25, 0.3) is 11.1 Å². The van der Waals surface area contributed by atoms with E-state index in [4.69, 9.17) is 27.9 Å². The highest BCUT2D eigenvalue weighted by Crippen LogP contribution is 2.32. The molecule has 1 aromatic heterocycles. The number of nitrogens with zero attached hydrogens (tertiary/aromatic N) is 1. The van der Waals surface area contributed by atoms with Gasteiger partial charge in [0.15, 0.2) is 0 Å². The molecule has 1 heterocycles. The predicted octanol–water partition coefficient (Wildman–Crippen LogP) is 5.97. The number of aryl methyl sites for hydroxylation is 2. The van der Waals surface area contributed by atoms with E-state index in [2.05, 4.69) is 6.07 Å². The monoisotopic (exact) mass is 419 g/mol. The van der Waals surface area contributed by atoms with Gasteiger partial charge in [0.1, 0.15) is 12.4 Å². The summed E-state index contributed by atoms with van der Waals surface area (Å²) in [5, 5.41) is 1.02. The zero-order valence-corrected chi connectivity index (χ0v) is 17.6. The predicted molar refractivity (Wildman–Crippen MR) is 114 cm³/mol. The molecule has 140 valence electrons. The lowest BCUT2D eigenvalue weighted by Crippen LogP contribution is -2.18. The molecule has 0 atom stereocenters. The lowest BCUT2D eigenvalue weighted by molar-refractivity contribution is 0.306. The fraction of sp³-hybridized carbons (Fsp3) is 0.190. The first-order valence-electron chi connectivity index (χ1n) is 8.31. The molecule has 0 radical (unpaired) electrons. The zero-order valence-electron chi connectivity index (χ0n) is 15.3. The average Bonchev–Trinajstić information content (AvgIpc) is 2.66. The second-order valence-corrected chi connectivity index (χ2v) is 7.89. The van der Waals surface area contributed by atoms with E-state index in [-0.39, 0.29) is 5.56 Å². The van der Waals surface area contributed by atoms with Gasteiger partial charge in [-0.25, -0.2) is 0 Å². The van der Waals surface area contributed by atoms with Crippen LogP contribution >= 0.6 is 35.0 Å². The normalized spacial score (nSPS) is 10.9. The number of thioether (sulfide) groups is 1. The van der Waals surface area contributed by atoms with E-state index in [0.29, 0.717) is 22.2 Å². The number of benzene rings is 2. The molecule has 3 nitrogen and oxygen atoms in total. The summed E-state index contributed by atoms with van der Waals surface area (Å²) in [5.41, 5.74) is 3.51. The van der Waals surface area contributed by atoms with Gasteiger partial charge in [0.05, 0.1) is 10.0 Å². The van der Waals surface area contributed by atoms with Crippen LogP contribution in [0.15, 0.2) is 58.4 Å². The highest BCUT2D eigenvalue weighted by atomic mass is 35.5. The van der Waals surface area contributed by atoms with Gasteiger partial charge in [-0.3, -0.25) is 4.79 Å². The van der Waals surface area contributed by atoms with Crippen molar-refractivity contribution in [2.45, 2.75) is 18.4 Å². The van der Waals surface area contributed by atoms with Gasteiger partial charge in [-0.15, -0.1) is 11.8 Å². The molecule has 0 saturated carbocycles. The van der Waals surface area contributed by atoms with Crippen LogP contribution in [-0.2, 0) is 13.7 Å². The van der Waals surface area contributed by atoms with E-state index >= 15 is 0 Å². The number of pyridine rings is 1. The fourth-order valence-electron chi connectivity index (χ4n) is 2.80. The Morgan fingerprint density at radius 3 is 2.59 bits per heavy atom. The van der Waals surface area contributed by atoms with Crippen molar-refractivity contribution in [1.82, 2.24) is 4.57 Å². The molecule has 27 heavy (non-hydrogen) atoms. The van der Waals surface area contributed by atoms with Gasteiger partial charge in [-0.2, -0.15) is 0 Å². The van der Waals surface area contributed by atoms with Crippen molar-refractivity contribution in [2.24, 2.45) is 7.05 Å². The van der Waals surface area contributed by atoms with Crippen molar-refractivity contribution < 1.29 is 4.74 Å². The van der Waals surface area contributed by atoms with Crippen molar-refractivity contribution in [1.29, 1.82) is 0 Å². The number of hydrogen-bond donors (Lipinski definition) is 0. The van der Waals surface area contributed by atoms with Gasteiger partial charge >= 0.3 is 0 Å². The molecule has 0 bridgehead atoms. The van der Waals surface area contributed by atoms with Gasteiger partial charge in [0.25, 0.3) is 5.56 Å². The summed E-state index contributed by atoms with van der Waals surface area (Å²) in [6.07, 6.45) is 3.86. The van der Waals surface area contributed by atoms with Crippen LogP contribution in [0.5, 0.6) is 5.75 Å². The van der Waals surface area contributed by atoms with E-state index in [0.717, 1.165) is 27.3 Å². The first-order chi connectivity index (χ1) is 12.9. The van der Waals surface area contributed by atoms with E-state index in [9.17, 15) is 4.79 Å². The Morgan fingerprint density at radius 1 is 1.11 bits per heavy atom. The number of rotatable bonds is 5. The average molecular weight is 420 g/mol. The van der Waals surface area contributed by atoms with E-state index < -0.39 is 0 Å². The largest absolute Gasteiger partial charge is 0.489 e. The Balaban J connectivity index is 1.94. The van der Waals surface area contributed by atoms with Crippen molar-refractivity contribution >= 4 is 35.0 Å². The third-order valence-corrected chi connectivity index (χ3v) is 5.80. The molecular formula is C21H19Cl2NO2S. The van der Waals surface area contributed by atoms with E-state index in [1.165, 1.54) is 0 Å². The van der Waals surface area contributed by atoms with Gasteiger partial charge in [0, 0.05) is 29.3 Å². The van der Waals surface area contributed by atoms with E-state index in [1.54, 1.807) is 29.4 Å². The lowest BCUT2D eigenvalue weighted by Gasteiger charge is -2.13. The third kappa shape index (κ3) is 4.52. The first kappa shape index (κ1) is 19.9. The molecule has 3 rings (SSSR count). The summed E-state index contributed by atoms with van der Waals surface area (Å²) in [6, 6.07) is 13.4. The quantitative estimate of drug-likeness (QED) is 0.477. The molecule has 0 amide bonds. The van der Waals surface area contributed by atoms with Crippen molar-refractivity contribution in [3.8, 4) is 16.9 Å². The first-order valence-corrected chi connectivity index (χ1v) is 10.3. The number of aromatic nitrogens is 1. The summed E-state index contributed by atoms with van der Waals surface area (Å²) < 4.78 is 7.59. The molecule has 0 aliphatic carbocycles. The van der Waals surface area contributed by atoms with Gasteiger partial charge in [-0.1, -0.05) is 35.3 Å². The van der Waals surface area contributed by atoms with Crippen molar-refractivity contribution in [3.05, 3.63) is 80.2 Å². The lowest BCUT2D eigenvalue weighted by atomic mass is 10.1. The van der Waals surface area contributed by atoms with Gasteiger partial charge in [-0.05, 0) is 54.6 Å². The molecule has 0 spiro atoms. The standard InChI is InChI=1S/C21H19Cl2NO2S/c1-13-7-16(11-24(2)21(13)25)15-8-17(10-18(9-15)27-3)26-12-14-5-4-6-19(22)20(14)23/h4-11H,12H2,1-3H3. The Morgan fingerprint density at radius 2 is 1.89 bits per heavy atom. The highest BCUT2D eigenvalue weighted by Gasteiger charge is 2.09. The van der Waals surface area contributed by atoms with Crippen LogP contribution in [0.4, 0.5) is 0 Å². The van der Waals surface area contributed by atoms with Gasteiger partial charge in [0.2, 0.25) is 0 Å². The topological polar surface area (TPSA) is 31.2 Å². The van der Waals surface area contributed by atoms with Crippen molar-refractivity contribution in [3.63, 3.8) is 0 Å². The Hall–Kier alpha value is -1.88. The molecular weight excluding hydrogens is 401 g/mol. The van der Waals surface area contributed by atoms with Crippen LogP contribution in [0, 0.1) is 6.92 Å². The summed E-state index contributed by atoms with van der Waals surface area (Å²) in [6.45, 7) is 2.14. The van der Waals surface area contributed by atoms with Crippen LogP contribution in [0.2, 0.25) is 10.0 Å². The van der Waals surface area contributed by atoms with Crippen LogP contribution < -0.4 is 10.3 Å². The Labute approximate surface area is 172 Å². The minimum absolute atomic E-state index is 0.00634. The maximum Gasteiger partial charge on any atom is 0.253 e. The summed E-state index contributed by atoms with van der Waals surface area (Å²) in [7, 11) is 1.76. The van der Waals surface area contributed by atoms with Gasteiger partial charge < -0.3 is 9.30 Å². The molecule has 0 unspecified atom stereocenters. The van der Waals surface area contributed by atoms with Crippen LogP contribution in [0.1, 0.15) is 11.1 Å². The maximum atomic E-state index is 12.0. The molecule has 0 saturated heterocycles. The number of ether oxygens (including phenoxy) is 1. The maximum absolute atomic E-state index is 12.0. The third-order valence-electron chi connectivity index (χ3n) is 4.24. The summed E-state index contributed by atoms with van der Waals surface area (Å²) in [5.74, 6) is 0.736. The molecule has 3 aromatic rings. The highest BCUT2D eigenvalue weighted by molar-refractivity contribution is 7.98. The fourth-order valence-corrected chi connectivity index (χ4v) is 3.65. The van der Waals surface area contributed by atoms with Crippen LogP contribution in [-0.4, -0.2) is 10.8 Å². The molecule has 0 N–H and O–H groups in total. The SMILES string of the molecule is CSc1cc(OCc2cccc(Cl)c2Cl)cc(-c2cc(C)c(=O)n(C)c2)c1. The minimum atomic E-state index is 0.00634. The van der Waals surface area contributed by atoms with E-state index in [1.807, 2.05) is 49.7 Å². The minimum Gasteiger partial charge on any atom is -0.489 e. The smallest absolute Gasteiger partial charge is 0.253 e. The molecule has 0 aliphatic heterocycles. The summed E-state index contributed by atoms with van der Waals surface area (Å²) in [4.78, 5) is 13.0. The van der Waals surface area contributed by atoms with Crippen molar-refractivity contribution in [2.75, 3.05) is 6.26 Å². The Bertz CT molecular complexity index is 1020. The molecule has 2 aromatic carbocycles. The summed E-state index contributed by atoms with van der Waals surface area (Å²) >= 11 is 14.0. The zero-order chi connectivity index (χ0) is 19.6. The molecule has 6 heteroatoms. The molecule has 0 aliphatic rings. The number of halogens is 2. The second-order valence-electron chi connectivity index (χ2n) is 6.23. The van der Waals surface area contributed by atoms with Crippen LogP contribution in [0.3, 0.4) is 0 Å². The Kier molecular flexibility index (Phi) is 6.20. The number of hydrogen-bond acceptors (Lipinski definition) is 3.